The number of benzene rings is 1. The lowest BCUT2D eigenvalue weighted by molar-refractivity contribution is 0.107. The van der Waals surface area contributed by atoms with E-state index in [1.807, 2.05) is 0 Å². The van der Waals surface area contributed by atoms with Crippen molar-refractivity contribution in [2.75, 3.05) is 26.2 Å². The Labute approximate surface area is 115 Å². The molecule has 3 nitrogen and oxygen atoms in total. The quantitative estimate of drug-likeness (QED) is 0.876. The van der Waals surface area contributed by atoms with Gasteiger partial charge in [-0.25, -0.2) is 0 Å². The first-order valence-corrected chi connectivity index (χ1v) is 7.51. The van der Waals surface area contributed by atoms with Gasteiger partial charge in [0.15, 0.2) is 0 Å². The van der Waals surface area contributed by atoms with E-state index in [4.69, 9.17) is 4.74 Å². The zero-order chi connectivity index (χ0) is 12.9. The van der Waals surface area contributed by atoms with Crippen LogP contribution in [0, 0.1) is 0 Å². The van der Waals surface area contributed by atoms with Crippen molar-refractivity contribution in [1.29, 1.82) is 0 Å². The molecule has 2 heterocycles. The van der Waals surface area contributed by atoms with Crippen molar-refractivity contribution >= 4 is 0 Å². The van der Waals surface area contributed by atoms with Gasteiger partial charge in [-0.15, -0.1) is 0 Å². The number of likely N-dealkylation sites (tertiary alicyclic amines) is 1. The van der Waals surface area contributed by atoms with Crippen LogP contribution >= 0.6 is 0 Å². The second-order valence-corrected chi connectivity index (χ2v) is 5.75. The molecule has 0 aliphatic carbocycles. The maximum absolute atomic E-state index is 5.66. The van der Waals surface area contributed by atoms with Gasteiger partial charge in [0.2, 0.25) is 0 Å². The molecule has 0 spiro atoms. The van der Waals surface area contributed by atoms with E-state index >= 15 is 0 Å². The summed E-state index contributed by atoms with van der Waals surface area (Å²) in [5, 5.41) is 3.67. The van der Waals surface area contributed by atoms with Gasteiger partial charge in [0.05, 0.1) is 6.10 Å². The van der Waals surface area contributed by atoms with Gasteiger partial charge in [-0.1, -0.05) is 30.3 Å². The number of hydrogen-bond acceptors (Lipinski definition) is 3. The third-order valence-electron chi connectivity index (χ3n) is 4.18. The summed E-state index contributed by atoms with van der Waals surface area (Å²) in [6, 6.07) is 11.4. The monoisotopic (exact) mass is 260 g/mol. The van der Waals surface area contributed by atoms with Crippen LogP contribution in [0.25, 0.3) is 0 Å². The van der Waals surface area contributed by atoms with E-state index in [1.54, 1.807) is 0 Å². The largest absolute Gasteiger partial charge is 0.377 e. The van der Waals surface area contributed by atoms with Crippen molar-refractivity contribution in [2.45, 2.75) is 38.0 Å². The molecule has 0 radical (unpaired) electrons. The van der Waals surface area contributed by atoms with Crippen LogP contribution in [0.5, 0.6) is 0 Å². The number of nitrogens with one attached hydrogen (secondary N) is 1. The molecule has 2 fully saturated rings. The number of ether oxygens (including phenoxy) is 1. The first-order chi connectivity index (χ1) is 9.40. The number of hydrogen-bond donors (Lipinski definition) is 1. The third-order valence-corrected chi connectivity index (χ3v) is 4.18. The van der Waals surface area contributed by atoms with Crippen LogP contribution in [-0.4, -0.2) is 43.3 Å². The van der Waals surface area contributed by atoms with Gasteiger partial charge in [-0.3, -0.25) is 4.90 Å². The van der Waals surface area contributed by atoms with Gasteiger partial charge < -0.3 is 10.1 Å². The minimum absolute atomic E-state index is 0.461. The van der Waals surface area contributed by atoms with Crippen LogP contribution in [0.15, 0.2) is 30.3 Å². The van der Waals surface area contributed by atoms with Crippen LogP contribution in [-0.2, 0) is 11.3 Å². The molecule has 1 N–H and O–H groups in total. The highest BCUT2D eigenvalue weighted by Gasteiger charge is 2.23. The SMILES string of the molecule is c1ccc(CN2CCC(NCC3CCCO3)C2)cc1. The lowest BCUT2D eigenvalue weighted by Gasteiger charge is -2.18. The number of nitrogens with zero attached hydrogens (tertiary/aromatic N) is 1. The molecule has 0 bridgehead atoms. The normalized spacial score (nSPS) is 28.0. The van der Waals surface area contributed by atoms with Crippen molar-refractivity contribution < 1.29 is 4.74 Å². The Morgan fingerprint density at radius 1 is 1.21 bits per heavy atom. The molecule has 104 valence electrons. The standard InChI is InChI=1S/C16H24N2O/c1-2-5-14(6-3-1)12-18-9-8-15(13-18)17-11-16-7-4-10-19-16/h1-3,5-6,15-17H,4,7-13H2. The summed E-state index contributed by atoms with van der Waals surface area (Å²) >= 11 is 0. The van der Waals surface area contributed by atoms with Crippen molar-refractivity contribution in [2.24, 2.45) is 0 Å². The Balaban J connectivity index is 1.40. The average molecular weight is 260 g/mol. The van der Waals surface area contributed by atoms with Crippen LogP contribution in [0.1, 0.15) is 24.8 Å². The predicted molar refractivity (Wildman–Crippen MR) is 77.1 cm³/mol. The zero-order valence-corrected chi connectivity index (χ0v) is 11.6. The molecule has 1 aromatic rings. The maximum Gasteiger partial charge on any atom is 0.0700 e. The molecule has 0 amide bonds. The van der Waals surface area contributed by atoms with Crippen LogP contribution in [0.2, 0.25) is 0 Å². The summed E-state index contributed by atoms with van der Waals surface area (Å²) in [6.45, 7) is 5.44. The van der Waals surface area contributed by atoms with E-state index in [-0.39, 0.29) is 0 Å². The van der Waals surface area contributed by atoms with Crippen molar-refractivity contribution in [3.05, 3.63) is 35.9 Å². The lowest BCUT2D eigenvalue weighted by Crippen LogP contribution is -2.37. The van der Waals surface area contributed by atoms with Crippen molar-refractivity contribution in [3.63, 3.8) is 0 Å². The second-order valence-electron chi connectivity index (χ2n) is 5.75. The van der Waals surface area contributed by atoms with E-state index in [9.17, 15) is 0 Å². The predicted octanol–water partition coefficient (Wildman–Crippen LogP) is 2.03. The molecule has 19 heavy (non-hydrogen) atoms. The Morgan fingerprint density at radius 2 is 2.11 bits per heavy atom. The van der Waals surface area contributed by atoms with Crippen LogP contribution in [0.3, 0.4) is 0 Å². The summed E-state index contributed by atoms with van der Waals surface area (Å²) in [7, 11) is 0. The van der Waals surface area contributed by atoms with E-state index < -0.39 is 0 Å². The Morgan fingerprint density at radius 3 is 2.89 bits per heavy atom. The molecule has 3 heteroatoms. The highest BCUT2D eigenvalue weighted by atomic mass is 16.5. The van der Waals surface area contributed by atoms with Crippen LogP contribution < -0.4 is 5.32 Å². The summed E-state index contributed by atoms with van der Waals surface area (Å²) in [5.41, 5.74) is 1.42. The summed E-state index contributed by atoms with van der Waals surface area (Å²) in [4.78, 5) is 2.54. The molecule has 2 saturated heterocycles. The fraction of sp³-hybridized carbons (Fsp3) is 0.625. The molecule has 0 aromatic heterocycles. The van der Waals surface area contributed by atoms with Crippen molar-refractivity contribution in [3.8, 4) is 0 Å². The minimum Gasteiger partial charge on any atom is -0.377 e. The first-order valence-electron chi connectivity index (χ1n) is 7.51. The molecule has 1 aromatic carbocycles. The Bertz CT molecular complexity index is 376. The molecule has 0 saturated carbocycles. The molecule has 2 aliphatic rings. The van der Waals surface area contributed by atoms with Gasteiger partial charge in [0.25, 0.3) is 0 Å². The summed E-state index contributed by atoms with van der Waals surface area (Å²) in [5.74, 6) is 0. The van der Waals surface area contributed by atoms with Gasteiger partial charge in [0, 0.05) is 38.8 Å². The van der Waals surface area contributed by atoms with Crippen LogP contribution in [0.4, 0.5) is 0 Å². The second kappa shape index (κ2) is 6.51. The molecule has 2 atom stereocenters. The smallest absolute Gasteiger partial charge is 0.0700 e. The van der Waals surface area contributed by atoms with E-state index in [0.29, 0.717) is 12.1 Å². The maximum atomic E-state index is 5.66. The van der Waals surface area contributed by atoms with Gasteiger partial charge in [0.1, 0.15) is 0 Å². The van der Waals surface area contributed by atoms with Gasteiger partial charge in [-0.2, -0.15) is 0 Å². The number of rotatable bonds is 5. The Kier molecular flexibility index (Phi) is 4.49. The molecule has 2 aliphatic heterocycles. The average Bonchev–Trinajstić information content (AvgIpc) is 3.09. The summed E-state index contributed by atoms with van der Waals surface area (Å²) in [6.07, 6.45) is 4.19. The summed E-state index contributed by atoms with van der Waals surface area (Å²) < 4.78 is 5.66. The fourth-order valence-corrected chi connectivity index (χ4v) is 3.09. The molecular formula is C16H24N2O. The van der Waals surface area contributed by atoms with E-state index in [2.05, 4.69) is 40.5 Å². The minimum atomic E-state index is 0.461. The first kappa shape index (κ1) is 13.1. The molecule has 3 rings (SSSR count). The third kappa shape index (κ3) is 3.78. The zero-order valence-electron chi connectivity index (χ0n) is 11.6. The van der Waals surface area contributed by atoms with Gasteiger partial charge >= 0.3 is 0 Å². The topological polar surface area (TPSA) is 24.5 Å². The van der Waals surface area contributed by atoms with E-state index in [1.165, 1.54) is 37.9 Å². The Hall–Kier alpha value is -0.900. The van der Waals surface area contributed by atoms with E-state index in [0.717, 1.165) is 19.7 Å². The molecular weight excluding hydrogens is 236 g/mol. The molecule has 2 unspecified atom stereocenters. The lowest BCUT2D eigenvalue weighted by atomic mass is 10.2. The van der Waals surface area contributed by atoms with Crippen molar-refractivity contribution in [1.82, 2.24) is 10.2 Å². The fourth-order valence-electron chi connectivity index (χ4n) is 3.09. The highest BCUT2D eigenvalue weighted by molar-refractivity contribution is 5.14. The highest BCUT2D eigenvalue weighted by Crippen LogP contribution is 2.15. The van der Waals surface area contributed by atoms with Gasteiger partial charge in [-0.05, 0) is 24.8 Å².